The Morgan fingerprint density at radius 2 is 2.31 bits per heavy atom. The van der Waals surface area contributed by atoms with E-state index in [4.69, 9.17) is 4.74 Å². The predicted molar refractivity (Wildman–Crippen MR) is 61.1 cm³/mol. The van der Waals surface area contributed by atoms with Gasteiger partial charge in [-0.1, -0.05) is 0 Å². The lowest BCUT2D eigenvalue weighted by atomic mass is 9.93. The van der Waals surface area contributed by atoms with Gasteiger partial charge in [-0.05, 0) is 36.6 Å². The first-order chi connectivity index (χ1) is 7.84. The molecule has 3 rings (SSSR count). The monoisotopic (exact) mass is 219 g/mol. The zero-order valence-corrected chi connectivity index (χ0v) is 9.00. The molecule has 1 aliphatic rings. The van der Waals surface area contributed by atoms with Crippen molar-refractivity contribution >= 4 is 10.9 Å². The van der Waals surface area contributed by atoms with Crippen LogP contribution in [0.3, 0.4) is 0 Å². The summed E-state index contributed by atoms with van der Waals surface area (Å²) in [6.45, 7) is 1.65. The fourth-order valence-electron chi connectivity index (χ4n) is 2.44. The van der Waals surface area contributed by atoms with E-state index in [1.54, 1.807) is 6.07 Å². The molecule has 1 fully saturated rings. The van der Waals surface area contributed by atoms with Crippen LogP contribution in [0.4, 0.5) is 4.39 Å². The van der Waals surface area contributed by atoms with Gasteiger partial charge in [-0.15, -0.1) is 0 Å². The summed E-state index contributed by atoms with van der Waals surface area (Å²) in [4.78, 5) is 3.13. The van der Waals surface area contributed by atoms with E-state index in [-0.39, 0.29) is 5.82 Å². The number of hydrogen-bond acceptors (Lipinski definition) is 1. The van der Waals surface area contributed by atoms with Gasteiger partial charge in [0.05, 0.1) is 6.61 Å². The third kappa shape index (κ3) is 1.61. The van der Waals surface area contributed by atoms with E-state index in [2.05, 4.69) is 4.98 Å². The Balaban J connectivity index is 2.03. The van der Waals surface area contributed by atoms with Crippen LogP contribution >= 0.6 is 0 Å². The van der Waals surface area contributed by atoms with Crippen molar-refractivity contribution in [1.82, 2.24) is 4.98 Å². The molecular formula is C13H14FNO. The third-order valence-electron chi connectivity index (χ3n) is 3.28. The van der Waals surface area contributed by atoms with Crippen LogP contribution in [0, 0.1) is 5.82 Å². The molecule has 1 N–H and O–H groups in total. The fourth-order valence-corrected chi connectivity index (χ4v) is 2.44. The Morgan fingerprint density at radius 1 is 1.38 bits per heavy atom. The van der Waals surface area contributed by atoms with Crippen LogP contribution in [0.2, 0.25) is 0 Å². The van der Waals surface area contributed by atoms with E-state index in [1.807, 2.05) is 12.3 Å². The average molecular weight is 219 g/mol. The van der Waals surface area contributed by atoms with Gasteiger partial charge in [-0.3, -0.25) is 0 Å². The highest BCUT2D eigenvalue weighted by Crippen LogP contribution is 2.31. The summed E-state index contributed by atoms with van der Waals surface area (Å²) in [7, 11) is 0. The lowest BCUT2D eigenvalue weighted by Gasteiger charge is -2.21. The molecule has 1 saturated heterocycles. The number of benzene rings is 1. The second kappa shape index (κ2) is 3.91. The van der Waals surface area contributed by atoms with Crippen LogP contribution in [0.15, 0.2) is 24.4 Å². The number of aromatic amines is 1. The molecule has 0 spiro atoms. The standard InChI is InChI=1S/C13H14FNO/c14-10-3-4-11-12(7-15-13(11)6-10)9-2-1-5-16-8-9/h3-4,6-7,9,15H,1-2,5,8H2. The van der Waals surface area contributed by atoms with Gasteiger partial charge in [-0.2, -0.15) is 0 Å². The molecule has 0 saturated carbocycles. The Labute approximate surface area is 93.4 Å². The lowest BCUT2D eigenvalue weighted by molar-refractivity contribution is 0.0808. The summed E-state index contributed by atoms with van der Waals surface area (Å²) in [5.41, 5.74) is 2.13. The van der Waals surface area contributed by atoms with E-state index in [1.165, 1.54) is 11.6 Å². The molecule has 2 aromatic rings. The Kier molecular flexibility index (Phi) is 2.40. The quantitative estimate of drug-likeness (QED) is 0.782. The highest BCUT2D eigenvalue weighted by Gasteiger charge is 2.19. The Hall–Kier alpha value is -1.35. The summed E-state index contributed by atoms with van der Waals surface area (Å²) in [6, 6.07) is 4.91. The van der Waals surface area contributed by atoms with Gasteiger partial charge in [0.1, 0.15) is 5.82 Å². The van der Waals surface area contributed by atoms with Gasteiger partial charge < -0.3 is 9.72 Å². The number of rotatable bonds is 1. The van der Waals surface area contributed by atoms with Crippen molar-refractivity contribution < 1.29 is 9.13 Å². The normalized spacial score (nSPS) is 21.4. The molecule has 1 aromatic heterocycles. The molecule has 0 aliphatic carbocycles. The number of nitrogens with one attached hydrogen (secondary N) is 1. The fraction of sp³-hybridized carbons (Fsp3) is 0.385. The van der Waals surface area contributed by atoms with Crippen LogP contribution in [0.5, 0.6) is 0 Å². The predicted octanol–water partition coefficient (Wildman–Crippen LogP) is 3.20. The maximum Gasteiger partial charge on any atom is 0.125 e. The summed E-state index contributed by atoms with van der Waals surface area (Å²) >= 11 is 0. The first-order valence-electron chi connectivity index (χ1n) is 5.69. The largest absolute Gasteiger partial charge is 0.381 e. The molecule has 1 atom stereocenters. The van der Waals surface area contributed by atoms with Gasteiger partial charge in [0, 0.05) is 29.6 Å². The highest BCUT2D eigenvalue weighted by molar-refractivity contribution is 5.83. The molecule has 0 bridgehead atoms. The molecule has 2 nitrogen and oxygen atoms in total. The van der Waals surface area contributed by atoms with Gasteiger partial charge >= 0.3 is 0 Å². The van der Waals surface area contributed by atoms with Crippen LogP contribution < -0.4 is 0 Å². The molecule has 1 aromatic carbocycles. The minimum atomic E-state index is -0.194. The van der Waals surface area contributed by atoms with Crippen molar-refractivity contribution in [3.8, 4) is 0 Å². The van der Waals surface area contributed by atoms with Crippen LogP contribution in [0.25, 0.3) is 10.9 Å². The Bertz CT molecular complexity index is 500. The van der Waals surface area contributed by atoms with E-state index >= 15 is 0 Å². The molecule has 0 radical (unpaired) electrons. The van der Waals surface area contributed by atoms with Crippen LogP contribution in [0.1, 0.15) is 24.3 Å². The maximum absolute atomic E-state index is 13.0. The summed E-state index contributed by atoms with van der Waals surface area (Å²) in [5.74, 6) is 0.258. The number of halogens is 1. The molecule has 0 amide bonds. The van der Waals surface area contributed by atoms with Gasteiger partial charge in [0.25, 0.3) is 0 Å². The number of hydrogen-bond donors (Lipinski definition) is 1. The van der Waals surface area contributed by atoms with Crippen molar-refractivity contribution in [3.05, 3.63) is 35.8 Å². The van der Waals surface area contributed by atoms with Crippen molar-refractivity contribution in [3.63, 3.8) is 0 Å². The molecular weight excluding hydrogens is 205 g/mol. The number of H-pyrrole nitrogens is 1. The smallest absolute Gasteiger partial charge is 0.125 e. The molecule has 84 valence electrons. The summed E-state index contributed by atoms with van der Waals surface area (Å²) in [5, 5.41) is 1.12. The van der Waals surface area contributed by atoms with Crippen molar-refractivity contribution in [2.24, 2.45) is 0 Å². The third-order valence-corrected chi connectivity index (χ3v) is 3.28. The summed E-state index contributed by atoms with van der Waals surface area (Å²) < 4.78 is 18.5. The molecule has 16 heavy (non-hydrogen) atoms. The highest BCUT2D eigenvalue weighted by atomic mass is 19.1. The minimum absolute atomic E-state index is 0.194. The van der Waals surface area contributed by atoms with Crippen LogP contribution in [-0.4, -0.2) is 18.2 Å². The second-order valence-electron chi connectivity index (χ2n) is 4.35. The van der Waals surface area contributed by atoms with E-state index in [0.29, 0.717) is 5.92 Å². The lowest BCUT2D eigenvalue weighted by Crippen LogP contribution is -2.15. The topological polar surface area (TPSA) is 25.0 Å². The van der Waals surface area contributed by atoms with Crippen molar-refractivity contribution in [2.75, 3.05) is 13.2 Å². The summed E-state index contributed by atoms with van der Waals surface area (Å²) in [6.07, 6.45) is 4.26. The van der Waals surface area contributed by atoms with Gasteiger partial charge in [0.2, 0.25) is 0 Å². The minimum Gasteiger partial charge on any atom is -0.381 e. The van der Waals surface area contributed by atoms with Crippen molar-refractivity contribution in [1.29, 1.82) is 0 Å². The first-order valence-corrected chi connectivity index (χ1v) is 5.69. The zero-order chi connectivity index (χ0) is 11.0. The van der Waals surface area contributed by atoms with Gasteiger partial charge in [-0.25, -0.2) is 4.39 Å². The van der Waals surface area contributed by atoms with Crippen LogP contribution in [-0.2, 0) is 4.74 Å². The molecule has 3 heteroatoms. The molecule has 1 unspecified atom stereocenters. The number of fused-ring (bicyclic) bond motifs is 1. The van der Waals surface area contributed by atoms with E-state index in [0.717, 1.165) is 37.0 Å². The number of ether oxygens (including phenoxy) is 1. The zero-order valence-electron chi connectivity index (χ0n) is 9.00. The SMILES string of the molecule is Fc1ccc2c(C3CCCOC3)c[nH]c2c1. The second-order valence-corrected chi connectivity index (χ2v) is 4.35. The number of aromatic nitrogens is 1. The van der Waals surface area contributed by atoms with Gasteiger partial charge in [0.15, 0.2) is 0 Å². The van der Waals surface area contributed by atoms with E-state index in [9.17, 15) is 4.39 Å². The molecule has 2 heterocycles. The molecule has 1 aliphatic heterocycles. The van der Waals surface area contributed by atoms with E-state index < -0.39 is 0 Å². The average Bonchev–Trinajstić information content (AvgIpc) is 2.73. The first kappa shape index (κ1) is 9.85. The Morgan fingerprint density at radius 3 is 3.12 bits per heavy atom. The van der Waals surface area contributed by atoms with Crippen molar-refractivity contribution in [2.45, 2.75) is 18.8 Å². The maximum atomic E-state index is 13.0.